The minimum Gasteiger partial charge on any atom is -0.334 e. The van der Waals surface area contributed by atoms with Gasteiger partial charge in [0, 0.05) is 25.7 Å². The van der Waals surface area contributed by atoms with E-state index < -0.39 is 10.0 Å². The van der Waals surface area contributed by atoms with Crippen LogP contribution in [0, 0.1) is 5.82 Å². The molecule has 2 amide bonds. The van der Waals surface area contributed by atoms with Crippen molar-refractivity contribution < 1.29 is 17.6 Å². The number of benzene rings is 1. The summed E-state index contributed by atoms with van der Waals surface area (Å²) < 4.78 is 37.2. The van der Waals surface area contributed by atoms with Crippen LogP contribution >= 0.6 is 0 Å². The molecule has 22 heavy (non-hydrogen) atoms. The van der Waals surface area contributed by atoms with Crippen LogP contribution in [0.4, 0.5) is 9.18 Å². The number of halogens is 1. The summed E-state index contributed by atoms with van der Waals surface area (Å²) in [6.45, 7) is 1.08. The van der Waals surface area contributed by atoms with Crippen LogP contribution in [-0.2, 0) is 16.6 Å². The molecule has 0 saturated carbocycles. The van der Waals surface area contributed by atoms with E-state index in [-0.39, 0.29) is 24.4 Å². The fourth-order valence-corrected chi connectivity index (χ4v) is 3.29. The number of carbonyl (C=O) groups excluding carboxylic acids is 1. The van der Waals surface area contributed by atoms with Crippen molar-refractivity contribution in [2.45, 2.75) is 25.4 Å². The van der Waals surface area contributed by atoms with Gasteiger partial charge in [0.25, 0.3) is 0 Å². The molecule has 0 aromatic heterocycles. The van der Waals surface area contributed by atoms with Crippen LogP contribution in [0.25, 0.3) is 0 Å². The van der Waals surface area contributed by atoms with Crippen LogP contribution in [-0.4, -0.2) is 44.1 Å². The van der Waals surface area contributed by atoms with Crippen LogP contribution in [0.15, 0.2) is 24.3 Å². The quantitative estimate of drug-likeness (QED) is 0.867. The van der Waals surface area contributed by atoms with Gasteiger partial charge in [0.2, 0.25) is 10.0 Å². The average molecular weight is 329 g/mol. The first-order chi connectivity index (χ1) is 10.3. The second-order valence-corrected chi connectivity index (χ2v) is 7.40. The van der Waals surface area contributed by atoms with Gasteiger partial charge in [-0.3, -0.25) is 0 Å². The molecule has 6 nitrogen and oxygen atoms in total. The van der Waals surface area contributed by atoms with Crippen molar-refractivity contribution in [2.75, 3.05) is 19.3 Å². The van der Waals surface area contributed by atoms with Crippen molar-refractivity contribution >= 4 is 16.1 Å². The van der Waals surface area contributed by atoms with Crippen LogP contribution in [0.5, 0.6) is 0 Å². The fourth-order valence-electron chi connectivity index (χ4n) is 2.38. The number of hydrogen-bond donors (Lipinski definition) is 2. The Kier molecular flexibility index (Phi) is 5.36. The lowest BCUT2D eigenvalue weighted by Gasteiger charge is -2.31. The summed E-state index contributed by atoms with van der Waals surface area (Å²) in [6.07, 6.45) is 2.63. The minimum absolute atomic E-state index is 0.198. The molecular formula is C14H20FN3O3S. The van der Waals surface area contributed by atoms with Gasteiger partial charge < -0.3 is 10.6 Å². The summed E-state index contributed by atoms with van der Waals surface area (Å²) in [7, 11) is -3.23. The summed E-state index contributed by atoms with van der Waals surface area (Å²) in [5, 5.41) is 5.45. The van der Waals surface area contributed by atoms with Gasteiger partial charge in [0.1, 0.15) is 5.82 Å². The summed E-state index contributed by atoms with van der Waals surface area (Å²) >= 11 is 0. The van der Waals surface area contributed by atoms with Crippen molar-refractivity contribution in [3.05, 3.63) is 35.6 Å². The first-order valence-corrected chi connectivity index (χ1v) is 8.93. The lowest BCUT2D eigenvalue weighted by atomic mass is 10.1. The standard InChI is InChI=1S/C14H20FN3O3S/c1-22(20,21)18-8-2-3-13(10-18)17-14(19)16-9-11-4-6-12(15)7-5-11/h4-7,13H,2-3,8-10H2,1H3,(H2,16,17,19)/t13-/m1/s1. The van der Waals surface area contributed by atoms with Gasteiger partial charge in [0.15, 0.2) is 0 Å². The van der Waals surface area contributed by atoms with Gasteiger partial charge >= 0.3 is 6.03 Å². The molecule has 0 unspecified atom stereocenters. The zero-order valence-corrected chi connectivity index (χ0v) is 13.2. The Morgan fingerprint density at radius 1 is 1.36 bits per heavy atom. The van der Waals surface area contributed by atoms with Gasteiger partial charge in [-0.05, 0) is 30.5 Å². The Balaban J connectivity index is 1.80. The molecule has 1 aromatic rings. The zero-order valence-electron chi connectivity index (χ0n) is 12.4. The van der Waals surface area contributed by atoms with Crippen molar-refractivity contribution in [1.29, 1.82) is 0 Å². The van der Waals surface area contributed by atoms with E-state index in [9.17, 15) is 17.6 Å². The number of nitrogens with zero attached hydrogens (tertiary/aromatic N) is 1. The Morgan fingerprint density at radius 3 is 2.68 bits per heavy atom. The molecule has 0 bridgehead atoms. The monoisotopic (exact) mass is 329 g/mol. The molecule has 1 aliphatic rings. The number of hydrogen-bond acceptors (Lipinski definition) is 3. The maximum Gasteiger partial charge on any atom is 0.315 e. The largest absolute Gasteiger partial charge is 0.334 e. The molecule has 1 aliphatic heterocycles. The predicted octanol–water partition coefficient (Wildman–Crippen LogP) is 1.05. The molecule has 0 spiro atoms. The molecule has 2 N–H and O–H groups in total. The SMILES string of the molecule is CS(=O)(=O)N1CCC[C@@H](NC(=O)NCc2ccc(F)cc2)C1. The number of piperidine rings is 1. The van der Waals surface area contributed by atoms with Crippen LogP contribution in [0.3, 0.4) is 0 Å². The van der Waals surface area contributed by atoms with Gasteiger partial charge in [-0.2, -0.15) is 0 Å². The number of sulfonamides is 1. The zero-order chi connectivity index (χ0) is 16.2. The first kappa shape index (κ1) is 16.7. The van der Waals surface area contributed by atoms with E-state index in [1.807, 2.05) is 0 Å². The smallest absolute Gasteiger partial charge is 0.315 e. The molecule has 0 radical (unpaired) electrons. The highest BCUT2D eigenvalue weighted by atomic mass is 32.2. The molecule has 8 heteroatoms. The molecule has 1 saturated heterocycles. The second-order valence-electron chi connectivity index (χ2n) is 5.41. The fraction of sp³-hybridized carbons (Fsp3) is 0.500. The lowest BCUT2D eigenvalue weighted by molar-refractivity contribution is 0.225. The van der Waals surface area contributed by atoms with E-state index in [2.05, 4.69) is 10.6 Å². The molecule has 2 rings (SSSR count). The molecule has 1 fully saturated rings. The minimum atomic E-state index is -3.23. The third kappa shape index (κ3) is 4.96. The first-order valence-electron chi connectivity index (χ1n) is 7.08. The Hall–Kier alpha value is -1.67. The maximum atomic E-state index is 12.8. The Labute approximate surface area is 129 Å². The van der Waals surface area contributed by atoms with Crippen LogP contribution in [0.2, 0.25) is 0 Å². The average Bonchev–Trinajstić information content (AvgIpc) is 2.46. The lowest BCUT2D eigenvalue weighted by Crippen LogP contribution is -2.51. The van der Waals surface area contributed by atoms with Crippen molar-refractivity contribution in [1.82, 2.24) is 14.9 Å². The van der Waals surface area contributed by atoms with Crippen LogP contribution in [0.1, 0.15) is 18.4 Å². The van der Waals surface area contributed by atoms with E-state index in [4.69, 9.17) is 0 Å². The van der Waals surface area contributed by atoms with Crippen LogP contribution < -0.4 is 10.6 Å². The molecule has 1 aromatic carbocycles. The second kappa shape index (κ2) is 7.06. The van der Waals surface area contributed by atoms with E-state index in [0.29, 0.717) is 13.1 Å². The summed E-state index contributed by atoms with van der Waals surface area (Å²) in [4.78, 5) is 11.8. The van der Waals surface area contributed by atoms with E-state index in [1.165, 1.54) is 22.7 Å². The van der Waals surface area contributed by atoms with Crippen molar-refractivity contribution in [3.8, 4) is 0 Å². The number of urea groups is 1. The van der Waals surface area contributed by atoms with Crippen molar-refractivity contribution in [3.63, 3.8) is 0 Å². The molecular weight excluding hydrogens is 309 g/mol. The Morgan fingerprint density at radius 2 is 2.05 bits per heavy atom. The maximum absolute atomic E-state index is 12.8. The summed E-state index contributed by atoms with van der Waals surface area (Å²) in [6, 6.07) is 5.31. The Bertz CT molecular complexity index is 619. The molecule has 0 aliphatic carbocycles. The number of carbonyl (C=O) groups is 1. The number of amides is 2. The van der Waals surface area contributed by atoms with Gasteiger partial charge in [0.05, 0.1) is 6.26 Å². The third-order valence-corrected chi connectivity index (χ3v) is 4.82. The highest BCUT2D eigenvalue weighted by molar-refractivity contribution is 7.88. The molecule has 1 heterocycles. The third-order valence-electron chi connectivity index (χ3n) is 3.55. The predicted molar refractivity (Wildman–Crippen MR) is 81.2 cm³/mol. The summed E-state index contributed by atoms with van der Waals surface area (Å²) in [5.41, 5.74) is 0.790. The normalized spacial score (nSPS) is 19.6. The molecule has 1 atom stereocenters. The number of nitrogens with one attached hydrogen (secondary N) is 2. The van der Waals surface area contributed by atoms with E-state index >= 15 is 0 Å². The molecule has 122 valence electrons. The summed E-state index contributed by atoms with van der Waals surface area (Å²) in [5.74, 6) is -0.323. The van der Waals surface area contributed by atoms with Gasteiger partial charge in [-0.25, -0.2) is 21.9 Å². The highest BCUT2D eigenvalue weighted by Gasteiger charge is 2.26. The van der Waals surface area contributed by atoms with E-state index in [1.54, 1.807) is 12.1 Å². The van der Waals surface area contributed by atoms with Crippen molar-refractivity contribution in [2.24, 2.45) is 0 Å². The highest BCUT2D eigenvalue weighted by Crippen LogP contribution is 2.13. The number of rotatable bonds is 4. The topological polar surface area (TPSA) is 78.5 Å². The van der Waals surface area contributed by atoms with E-state index in [0.717, 1.165) is 18.4 Å². The van der Waals surface area contributed by atoms with Gasteiger partial charge in [-0.15, -0.1) is 0 Å². The van der Waals surface area contributed by atoms with Gasteiger partial charge in [-0.1, -0.05) is 12.1 Å².